The zero-order chi connectivity index (χ0) is 27.8. The highest BCUT2D eigenvalue weighted by atomic mass is 35.5. The zero-order valence-corrected chi connectivity index (χ0v) is 22.7. The number of hydrogen-bond acceptors (Lipinski definition) is 6. The van der Waals surface area contributed by atoms with Crippen LogP contribution >= 0.6 is 23.2 Å². The molecular weight excluding hydrogens is 531 g/mol. The van der Waals surface area contributed by atoms with E-state index in [1.165, 1.54) is 19.4 Å². The summed E-state index contributed by atoms with van der Waals surface area (Å²) in [7, 11) is 1.41. The largest absolute Gasteiger partial charge is 0.493 e. The van der Waals surface area contributed by atoms with E-state index in [1.807, 2.05) is 39.0 Å². The van der Waals surface area contributed by atoms with E-state index in [1.54, 1.807) is 24.3 Å². The number of halogens is 2. The van der Waals surface area contributed by atoms with Gasteiger partial charge in [-0.15, -0.1) is 0 Å². The van der Waals surface area contributed by atoms with Crippen molar-refractivity contribution < 1.29 is 23.9 Å². The van der Waals surface area contributed by atoms with E-state index in [2.05, 4.69) is 21.2 Å². The van der Waals surface area contributed by atoms with Gasteiger partial charge >= 0.3 is 11.8 Å². The second kappa shape index (κ2) is 12.9. The molecule has 3 amide bonds. The molecule has 198 valence electrons. The minimum Gasteiger partial charge on any atom is -0.493 e. The number of amides is 3. The van der Waals surface area contributed by atoms with Crippen molar-refractivity contribution in [1.82, 2.24) is 5.43 Å². The Labute approximate surface area is 230 Å². The predicted molar refractivity (Wildman–Crippen MR) is 149 cm³/mol. The Morgan fingerprint density at radius 3 is 2.26 bits per heavy atom. The number of rotatable bonds is 8. The fourth-order valence-electron chi connectivity index (χ4n) is 3.36. The monoisotopic (exact) mass is 556 g/mol. The van der Waals surface area contributed by atoms with Gasteiger partial charge in [0.05, 0.1) is 18.3 Å². The average molecular weight is 557 g/mol. The molecule has 0 bridgehead atoms. The molecule has 0 atom stereocenters. The summed E-state index contributed by atoms with van der Waals surface area (Å²) in [6, 6.07) is 13.7. The number of carbonyl (C=O) groups is 3. The summed E-state index contributed by atoms with van der Waals surface area (Å²) in [5, 5.41) is 9.77. The topological polar surface area (TPSA) is 118 Å². The molecular formula is C27H26Cl2N4O5. The zero-order valence-electron chi connectivity index (χ0n) is 21.1. The van der Waals surface area contributed by atoms with Crippen molar-refractivity contribution in [3.63, 3.8) is 0 Å². The number of anilines is 2. The third-order valence-corrected chi connectivity index (χ3v) is 6.05. The number of ether oxygens (including phenoxy) is 2. The van der Waals surface area contributed by atoms with Crippen LogP contribution in [0.1, 0.15) is 22.3 Å². The van der Waals surface area contributed by atoms with Crippen molar-refractivity contribution in [3.05, 3.63) is 80.8 Å². The molecule has 0 radical (unpaired) electrons. The average Bonchev–Trinajstić information content (AvgIpc) is 2.87. The first-order valence-electron chi connectivity index (χ1n) is 11.4. The first kappa shape index (κ1) is 28.5. The second-order valence-electron chi connectivity index (χ2n) is 8.25. The lowest BCUT2D eigenvalue weighted by molar-refractivity contribution is -0.136. The van der Waals surface area contributed by atoms with E-state index >= 15 is 0 Å². The van der Waals surface area contributed by atoms with Gasteiger partial charge < -0.3 is 20.1 Å². The molecule has 0 saturated heterocycles. The minimum absolute atomic E-state index is 0.149. The quantitative estimate of drug-likeness (QED) is 0.204. The molecule has 3 rings (SSSR count). The number of para-hydroxylation sites is 1. The highest BCUT2D eigenvalue weighted by Gasteiger charge is 2.16. The molecule has 38 heavy (non-hydrogen) atoms. The van der Waals surface area contributed by atoms with Crippen molar-refractivity contribution in [2.24, 2.45) is 5.10 Å². The van der Waals surface area contributed by atoms with E-state index in [9.17, 15) is 14.4 Å². The maximum atomic E-state index is 12.3. The summed E-state index contributed by atoms with van der Waals surface area (Å²) in [5.74, 6) is -1.83. The Hall–Kier alpha value is -4.08. The molecule has 0 aliphatic rings. The molecule has 0 heterocycles. The summed E-state index contributed by atoms with van der Waals surface area (Å²) in [6.07, 6.45) is 1.29. The minimum atomic E-state index is -0.942. The predicted octanol–water partition coefficient (Wildman–Crippen LogP) is 5.03. The first-order chi connectivity index (χ1) is 18.1. The fraction of sp³-hybridized carbons (Fsp3) is 0.185. The van der Waals surface area contributed by atoms with Crippen molar-refractivity contribution in [1.29, 1.82) is 0 Å². The van der Waals surface area contributed by atoms with Crippen LogP contribution in [0.3, 0.4) is 0 Å². The van der Waals surface area contributed by atoms with Crippen LogP contribution in [0.5, 0.6) is 11.5 Å². The van der Waals surface area contributed by atoms with Crippen LogP contribution in [0.4, 0.5) is 11.4 Å². The molecule has 0 aliphatic carbocycles. The fourth-order valence-corrected chi connectivity index (χ4v) is 3.81. The smallest absolute Gasteiger partial charge is 0.329 e. The Bertz CT molecular complexity index is 1390. The van der Waals surface area contributed by atoms with Crippen LogP contribution < -0.4 is 25.5 Å². The van der Waals surface area contributed by atoms with Crippen LogP contribution in [0.15, 0.2) is 53.6 Å². The standard InChI is InChI=1S/C27H26Cl2N4O5/c1-15-8-9-19(12-20(15)28)31-23(34)14-38-25-21(29)10-18(11-22(25)37-4)13-30-33-27(36)26(35)32-24-16(2)6-5-7-17(24)3/h5-13H,14H2,1-4H3,(H,31,34)(H,32,35)(H,33,36)/b30-13-. The Morgan fingerprint density at radius 2 is 1.61 bits per heavy atom. The Balaban J connectivity index is 1.60. The molecule has 3 N–H and O–H groups in total. The lowest BCUT2D eigenvalue weighted by atomic mass is 10.1. The highest BCUT2D eigenvalue weighted by molar-refractivity contribution is 6.39. The van der Waals surface area contributed by atoms with Gasteiger partial charge in [-0.05, 0) is 67.3 Å². The summed E-state index contributed by atoms with van der Waals surface area (Å²) in [5.41, 5.74) is 6.27. The van der Waals surface area contributed by atoms with Crippen molar-refractivity contribution in [2.75, 3.05) is 24.4 Å². The summed E-state index contributed by atoms with van der Waals surface area (Å²) in [6.45, 7) is 5.18. The van der Waals surface area contributed by atoms with Crippen molar-refractivity contribution in [3.8, 4) is 11.5 Å². The third kappa shape index (κ3) is 7.47. The molecule has 0 fully saturated rings. The molecule has 0 saturated carbocycles. The van der Waals surface area contributed by atoms with Gasteiger partial charge in [0.1, 0.15) is 0 Å². The number of benzene rings is 3. The normalized spacial score (nSPS) is 10.7. The number of methoxy groups -OCH3 is 1. The molecule has 0 aromatic heterocycles. The molecule has 3 aromatic carbocycles. The van der Waals surface area contributed by atoms with Crippen LogP contribution in [0.25, 0.3) is 0 Å². The van der Waals surface area contributed by atoms with Crippen LogP contribution in [0, 0.1) is 20.8 Å². The lowest BCUT2D eigenvalue weighted by Crippen LogP contribution is -2.32. The van der Waals surface area contributed by atoms with Gasteiger partial charge in [-0.25, -0.2) is 5.43 Å². The van der Waals surface area contributed by atoms with E-state index in [0.717, 1.165) is 16.7 Å². The van der Waals surface area contributed by atoms with Crippen LogP contribution in [0.2, 0.25) is 10.0 Å². The van der Waals surface area contributed by atoms with Gasteiger partial charge in [0.15, 0.2) is 18.1 Å². The number of hydrazone groups is 1. The molecule has 0 spiro atoms. The third-order valence-electron chi connectivity index (χ3n) is 5.36. The molecule has 0 unspecified atom stereocenters. The lowest BCUT2D eigenvalue weighted by Gasteiger charge is -2.13. The SMILES string of the molecule is COc1cc(/C=N\NC(=O)C(=O)Nc2c(C)cccc2C)cc(Cl)c1OCC(=O)Nc1ccc(C)c(Cl)c1. The van der Waals surface area contributed by atoms with Crippen LogP contribution in [-0.4, -0.2) is 37.7 Å². The number of aryl methyl sites for hydroxylation is 3. The Kier molecular flexibility index (Phi) is 9.70. The number of carbonyl (C=O) groups excluding carboxylic acids is 3. The summed E-state index contributed by atoms with van der Waals surface area (Å²) >= 11 is 12.4. The summed E-state index contributed by atoms with van der Waals surface area (Å²) in [4.78, 5) is 36.7. The molecule has 0 aliphatic heterocycles. The van der Waals surface area contributed by atoms with Crippen molar-refractivity contribution >= 4 is 58.5 Å². The van der Waals surface area contributed by atoms with E-state index in [-0.39, 0.29) is 23.1 Å². The molecule has 9 nitrogen and oxygen atoms in total. The Morgan fingerprint density at radius 1 is 0.895 bits per heavy atom. The van der Waals surface area contributed by atoms with Gasteiger partial charge in [-0.1, -0.05) is 47.5 Å². The molecule has 3 aromatic rings. The number of hydrogen-bond donors (Lipinski definition) is 3. The van der Waals surface area contributed by atoms with E-state index < -0.39 is 17.7 Å². The first-order valence-corrected chi connectivity index (χ1v) is 12.1. The van der Waals surface area contributed by atoms with Gasteiger partial charge in [-0.2, -0.15) is 5.10 Å². The number of nitrogens with one attached hydrogen (secondary N) is 3. The van der Waals surface area contributed by atoms with E-state index in [4.69, 9.17) is 32.7 Å². The maximum Gasteiger partial charge on any atom is 0.329 e. The van der Waals surface area contributed by atoms with Gasteiger partial charge in [0.2, 0.25) is 0 Å². The molecule has 11 heteroatoms. The second-order valence-corrected chi connectivity index (χ2v) is 9.07. The number of nitrogens with zero attached hydrogens (tertiary/aromatic N) is 1. The van der Waals surface area contributed by atoms with Gasteiger partial charge in [0.25, 0.3) is 5.91 Å². The van der Waals surface area contributed by atoms with Gasteiger partial charge in [-0.3, -0.25) is 14.4 Å². The summed E-state index contributed by atoms with van der Waals surface area (Å²) < 4.78 is 10.9. The van der Waals surface area contributed by atoms with E-state index in [0.29, 0.717) is 22.0 Å². The highest BCUT2D eigenvalue weighted by Crippen LogP contribution is 2.36. The maximum absolute atomic E-state index is 12.3. The van der Waals surface area contributed by atoms with Crippen LogP contribution in [-0.2, 0) is 14.4 Å². The van der Waals surface area contributed by atoms with Crippen molar-refractivity contribution in [2.45, 2.75) is 20.8 Å². The van der Waals surface area contributed by atoms with Gasteiger partial charge in [0, 0.05) is 16.4 Å².